The van der Waals surface area contributed by atoms with Gasteiger partial charge in [0, 0.05) is 37.6 Å². The summed E-state index contributed by atoms with van der Waals surface area (Å²) < 4.78 is 41.5. The van der Waals surface area contributed by atoms with Crippen LogP contribution >= 0.6 is 0 Å². The number of hydrogen-bond acceptors (Lipinski definition) is 3. The average molecular weight is 391 g/mol. The molecule has 1 aromatic heterocycles. The number of nitrogens with zero attached hydrogens (tertiary/aromatic N) is 2. The monoisotopic (exact) mass is 391 g/mol. The number of rotatable bonds is 4. The Morgan fingerprint density at radius 3 is 2.43 bits per heavy atom. The van der Waals surface area contributed by atoms with Gasteiger partial charge in [0.25, 0.3) is 0 Å². The standard InChI is InChI=1S/C21H24F3N3O/c1-12-5-17-18(27(12)11-13-6-14(22)8-15(23)7-13)9-16(24)20(25-17)26-19(28)10-21(2,3)4/h6-9,12H,5,10-11H2,1-4H3,(H,25,26,28)/t12-/m0/s1. The van der Waals surface area contributed by atoms with Gasteiger partial charge in [-0.3, -0.25) is 4.79 Å². The zero-order valence-corrected chi connectivity index (χ0v) is 16.4. The maximum atomic E-state index is 14.6. The summed E-state index contributed by atoms with van der Waals surface area (Å²) in [5.74, 6) is -2.31. The fourth-order valence-corrected chi connectivity index (χ4v) is 3.43. The number of carbonyl (C=O) groups excluding carboxylic acids is 1. The van der Waals surface area contributed by atoms with Gasteiger partial charge in [-0.2, -0.15) is 0 Å². The Morgan fingerprint density at radius 2 is 1.82 bits per heavy atom. The number of benzene rings is 1. The summed E-state index contributed by atoms with van der Waals surface area (Å²) in [7, 11) is 0. The summed E-state index contributed by atoms with van der Waals surface area (Å²) in [6, 6.07) is 4.65. The lowest BCUT2D eigenvalue weighted by molar-refractivity contribution is -0.117. The summed E-state index contributed by atoms with van der Waals surface area (Å²) in [6.45, 7) is 7.95. The van der Waals surface area contributed by atoms with Crippen LogP contribution in [-0.4, -0.2) is 16.9 Å². The smallest absolute Gasteiger partial charge is 0.226 e. The van der Waals surface area contributed by atoms with Crippen LogP contribution in [0.1, 0.15) is 45.4 Å². The van der Waals surface area contributed by atoms with E-state index in [0.717, 1.165) is 6.07 Å². The van der Waals surface area contributed by atoms with Crippen LogP contribution in [-0.2, 0) is 17.8 Å². The lowest BCUT2D eigenvalue weighted by atomic mass is 9.92. The number of halogens is 3. The largest absolute Gasteiger partial charge is 0.363 e. The molecule has 0 saturated heterocycles. The van der Waals surface area contributed by atoms with Crippen LogP contribution in [0.25, 0.3) is 0 Å². The minimum Gasteiger partial charge on any atom is -0.363 e. The third kappa shape index (κ3) is 4.64. The van der Waals surface area contributed by atoms with Crippen LogP contribution in [0.3, 0.4) is 0 Å². The van der Waals surface area contributed by atoms with E-state index in [1.165, 1.54) is 18.2 Å². The highest BCUT2D eigenvalue weighted by Gasteiger charge is 2.30. The molecule has 0 radical (unpaired) electrons. The van der Waals surface area contributed by atoms with E-state index < -0.39 is 17.5 Å². The Morgan fingerprint density at radius 1 is 1.18 bits per heavy atom. The first-order valence-corrected chi connectivity index (χ1v) is 9.23. The highest BCUT2D eigenvalue weighted by molar-refractivity contribution is 5.90. The maximum absolute atomic E-state index is 14.6. The van der Waals surface area contributed by atoms with Crippen molar-refractivity contribution in [2.75, 3.05) is 10.2 Å². The number of amides is 1. The summed E-state index contributed by atoms with van der Waals surface area (Å²) >= 11 is 0. The molecular formula is C21H24F3N3O. The molecule has 1 atom stereocenters. The Kier molecular flexibility index (Phi) is 5.37. The van der Waals surface area contributed by atoms with Crippen molar-refractivity contribution in [1.29, 1.82) is 0 Å². The van der Waals surface area contributed by atoms with Crippen LogP contribution in [0.5, 0.6) is 0 Å². The van der Waals surface area contributed by atoms with Crippen molar-refractivity contribution in [2.24, 2.45) is 5.41 Å². The maximum Gasteiger partial charge on any atom is 0.226 e. The Balaban J connectivity index is 1.83. The first kappa shape index (κ1) is 20.2. The Bertz CT molecular complexity index is 888. The molecule has 0 spiro atoms. The van der Waals surface area contributed by atoms with Gasteiger partial charge in [-0.15, -0.1) is 0 Å². The predicted molar refractivity (Wildman–Crippen MR) is 103 cm³/mol. The van der Waals surface area contributed by atoms with Crippen molar-refractivity contribution >= 4 is 17.4 Å². The molecule has 28 heavy (non-hydrogen) atoms. The van der Waals surface area contributed by atoms with Crippen molar-refractivity contribution in [1.82, 2.24) is 4.98 Å². The van der Waals surface area contributed by atoms with Gasteiger partial charge >= 0.3 is 0 Å². The molecule has 0 saturated carbocycles. The number of carbonyl (C=O) groups is 1. The van der Waals surface area contributed by atoms with Crippen LogP contribution in [0.4, 0.5) is 24.7 Å². The van der Waals surface area contributed by atoms with E-state index >= 15 is 0 Å². The van der Waals surface area contributed by atoms with E-state index in [2.05, 4.69) is 10.3 Å². The van der Waals surface area contributed by atoms with Crippen molar-refractivity contribution in [2.45, 2.75) is 53.1 Å². The SMILES string of the molecule is C[C@H]1Cc2nc(NC(=O)CC(C)(C)C)c(F)cc2N1Cc1cc(F)cc(F)c1. The summed E-state index contributed by atoms with van der Waals surface area (Å²) in [5.41, 5.74) is 1.46. The molecule has 0 aliphatic carbocycles. The van der Waals surface area contributed by atoms with Gasteiger partial charge in [-0.1, -0.05) is 20.8 Å². The fraction of sp³-hybridized carbons (Fsp3) is 0.429. The van der Waals surface area contributed by atoms with Gasteiger partial charge in [0.05, 0.1) is 11.4 Å². The molecular weight excluding hydrogens is 367 g/mol. The quantitative estimate of drug-likeness (QED) is 0.812. The van der Waals surface area contributed by atoms with Gasteiger partial charge in [-0.05, 0) is 30.0 Å². The predicted octanol–water partition coefficient (Wildman–Crippen LogP) is 4.82. The van der Waals surface area contributed by atoms with Crippen molar-refractivity contribution in [3.8, 4) is 0 Å². The van der Waals surface area contributed by atoms with Crippen LogP contribution in [0.15, 0.2) is 24.3 Å². The van der Waals surface area contributed by atoms with E-state index in [1.54, 1.807) is 0 Å². The molecule has 3 rings (SSSR count). The van der Waals surface area contributed by atoms with Gasteiger partial charge in [0.1, 0.15) is 11.6 Å². The van der Waals surface area contributed by atoms with Crippen molar-refractivity contribution in [3.63, 3.8) is 0 Å². The second kappa shape index (κ2) is 7.45. The number of fused-ring (bicyclic) bond motifs is 1. The van der Waals surface area contributed by atoms with Crippen LogP contribution in [0.2, 0.25) is 0 Å². The molecule has 4 nitrogen and oxygen atoms in total. The van der Waals surface area contributed by atoms with E-state index in [-0.39, 0.29) is 36.1 Å². The molecule has 1 amide bonds. The first-order chi connectivity index (χ1) is 13.0. The highest BCUT2D eigenvalue weighted by Crippen LogP contribution is 2.35. The molecule has 7 heteroatoms. The normalized spacial score (nSPS) is 16.2. The van der Waals surface area contributed by atoms with Gasteiger partial charge in [0.2, 0.25) is 5.91 Å². The van der Waals surface area contributed by atoms with Crippen molar-refractivity contribution in [3.05, 3.63) is 53.0 Å². The van der Waals surface area contributed by atoms with E-state index in [0.29, 0.717) is 23.4 Å². The molecule has 1 aromatic carbocycles. The lowest BCUT2D eigenvalue weighted by Crippen LogP contribution is -2.28. The van der Waals surface area contributed by atoms with Crippen LogP contribution < -0.4 is 10.2 Å². The summed E-state index contributed by atoms with van der Waals surface area (Å²) in [5, 5.41) is 2.55. The Labute approximate surface area is 162 Å². The first-order valence-electron chi connectivity index (χ1n) is 9.23. The average Bonchev–Trinajstić information content (AvgIpc) is 2.80. The molecule has 0 fully saturated rings. The number of anilines is 2. The zero-order chi connectivity index (χ0) is 20.6. The third-order valence-electron chi connectivity index (χ3n) is 4.59. The number of nitrogens with one attached hydrogen (secondary N) is 1. The molecule has 2 heterocycles. The number of pyridine rings is 1. The van der Waals surface area contributed by atoms with Crippen LogP contribution in [0, 0.1) is 22.9 Å². The fourth-order valence-electron chi connectivity index (χ4n) is 3.43. The van der Waals surface area contributed by atoms with Gasteiger partial charge in [0.15, 0.2) is 11.6 Å². The molecule has 150 valence electrons. The minimum atomic E-state index is -0.650. The summed E-state index contributed by atoms with van der Waals surface area (Å²) in [4.78, 5) is 18.3. The molecule has 1 aliphatic heterocycles. The highest BCUT2D eigenvalue weighted by atomic mass is 19.1. The topological polar surface area (TPSA) is 45.2 Å². The van der Waals surface area contributed by atoms with E-state index in [9.17, 15) is 18.0 Å². The second-order valence-electron chi connectivity index (χ2n) is 8.53. The minimum absolute atomic E-state index is 0.0197. The molecule has 1 aliphatic rings. The van der Waals surface area contributed by atoms with E-state index in [4.69, 9.17) is 0 Å². The Hall–Kier alpha value is -2.57. The van der Waals surface area contributed by atoms with Gasteiger partial charge < -0.3 is 10.2 Å². The second-order valence-corrected chi connectivity index (χ2v) is 8.53. The lowest BCUT2D eigenvalue weighted by Gasteiger charge is -2.25. The molecule has 1 N–H and O–H groups in total. The number of hydrogen-bond donors (Lipinski definition) is 1. The molecule has 0 bridgehead atoms. The third-order valence-corrected chi connectivity index (χ3v) is 4.59. The molecule has 2 aromatic rings. The zero-order valence-electron chi connectivity index (χ0n) is 16.4. The van der Waals surface area contributed by atoms with Crippen molar-refractivity contribution < 1.29 is 18.0 Å². The van der Waals surface area contributed by atoms with E-state index in [1.807, 2.05) is 32.6 Å². The van der Waals surface area contributed by atoms with Gasteiger partial charge in [-0.25, -0.2) is 18.2 Å². The molecule has 0 unspecified atom stereocenters. The number of aromatic nitrogens is 1. The summed E-state index contributed by atoms with van der Waals surface area (Å²) in [6.07, 6.45) is 0.800.